The molecule has 0 aliphatic heterocycles. The number of nitriles is 1. The molecule has 1 aromatic heterocycles. The third-order valence-electron chi connectivity index (χ3n) is 4.11. The minimum Gasteiger partial charge on any atom is -0.322 e. The van der Waals surface area contributed by atoms with E-state index in [0.29, 0.717) is 16.8 Å². The number of carbonyl (C=O) groups excluding carboxylic acids is 1. The predicted molar refractivity (Wildman–Crippen MR) is 100 cm³/mol. The largest absolute Gasteiger partial charge is 0.322 e. The van der Waals surface area contributed by atoms with Gasteiger partial charge in [0.1, 0.15) is 6.33 Å². The van der Waals surface area contributed by atoms with E-state index < -0.39 is 0 Å². The van der Waals surface area contributed by atoms with E-state index >= 15 is 0 Å². The summed E-state index contributed by atoms with van der Waals surface area (Å²) in [6.07, 6.45) is 1.77. The van der Waals surface area contributed by atoms with Crippen molar-refractivity contribution in [1.82, 2.24) is 9.55 Å². The first-order valence-corrected chi connectivity index (χ1v) is 8.09. The maximum absolute atomic E-state index is 12.4. The molecule has 4 rings (SSSR count). The number of rotatable bonds is 3. The van der Waals surface area contributed by atoms with Crippen molar-refractivity contribution < 1.29 is 4.79 Å². The van der Waals surface area contributed by atoms with Gasteiger partial charge in [0.25, 0.3) is 5.91 Å². The summed E-state index contributed by atoms with van der Waals surface area (Å²) in [5, 5.41) is 11.7. The zero-order valence-corrected chi connectivity index (χ0v) is 13.8. The SMILES string of the molecule is N#Cc1cccc(NC(=O)c2ccc(-n3cnc4ccccc43)cc2)c1. The number of hydrogen-bond donors (Lipinski definition) is 1. The van der Waals surface area contributed by atoms with Crippen molar-refractivity contribution in [1.29, 1.82) is 5.26 Å². The van der Waals surface area contributed by atoms with Crippen LogP contribution in [0.4, 0.5) is 5.69 Å². The van der Waals surface area contributed by atoms with Gasteiger partial charge in [-0.15, -0.1) is 0 Å². The van der Waals surface area contributed by atoms with Crippen LogP contribution in [0.2, 0.25) is 0 Å². The van der Waals surface area contributed by atoms with Gasteiger partial charge in [0.05, 0.1) is 22.7 Å². The van der Waals surface area contributed by atoms with Gasteiger partial charge in [-0.25, -0.2) is 4.98 Å². The molecule has 0 atom stereocenters. The highest BCUT2D eigenvalue weighted by molar-refractivity contribution is 6.04. The Bertz CT molecular complexity index is 1140. The second kappa shape index (κ2) is 6.54. The highest BCUT2D eigenvalue weighted by Gasteiger charge is 2.08. The lowest BCUT2D eigenvalue weighted by atomic mass is 10.1. The molecule has 0 spiro atoms. The first-order valence-electron chi connectivity index (χ1n) is 8.09. The summed E-state index contributed by atoms with van der Waals surface area (Å²) >= 11 is 0. The Morgan fingerprint density at radius 2 is 1.81 bits per heavy atom. The Morgan fingerprint density at radius 1 is 1.00 bits per heavy atom. The van der Waals surface area contributed by atoms with Crippen LogP contribution in [-0.2, 0) is 0 Å². The van der Waals surface area contributed by atoms with Crippen molar-refractivity contribution in [3.8, 4) is 11.8 Å². The van der Waals surface area contributed by atoms with Crippen molar-refractivity contribution in [3.63, 3.8) is 0 Å². The van der Waals surface area contributed by atoms with Crippen LogP contribution in [0, 0.1) is 11.3 Å². The maximum Gasteiger partial charge on any atom is 0.255 e. The molecule has 0 bridgehead atoms. The summed E-state index contributed by atoms with van der Waals surface area (Å²) < 4.78 is 1.98. The third kappa shape index (κ3) is 2.92. The van der Waals surface area contributed by atoms with Crippen molar-refractivity contribution in [2.45, 2.75) is 0 Å². The lowest BCUT2D eigenvalue weighted by molar-refractivity contribution is 0.102. The number of fused-ring (bicyclic) bond motifs is 1. The van der Waals surface area contributed by atoms with Crippen molar-refractivity contribution in [2.75, 3.05) is 5.32 Å². The van der Waals surface area contributed by atoms with Crippen LogP contribution in [0.3, 0.4) is 0 Å². The van der Waals surface area contributed by atoms with Gasteiger partial charge in [-0.1, -0.05) is 18.2 Å². The van der Waals surface area contributed by atoms with Gasteiger partial charge < -0.3 is 5.32 Å². The summed E-state index contributed by atoms with van der Waals surface area (Å²) in [7, 11) is 0. The second-order valence-electron chi connectivity index (χ2n) is 5.80. The fraction of sp³-hybridized carbons (Fsp3) is 0. The number of amides is 1. The number of hydrogen-bond acceptors (Lipinski definition) is 3. The van der Waals surface area contributed by atoms with E-state index in [-0.39, 0.29) is 5.91 Å². The van der Waals surface area contributed by atoms with Gasteiger partial charge in [-0.3, -0.25) is 9.36 Å². The zero-order valence-electron chi connectivity index (χ0n) is 13.8. The molecule has 5 nitrogen and oxygen atoms in total. The van der Waals surface area contributed by atoms with E-state index in [1.807, 2.05) is 41.0 Å². The molecular formula is C21H14N4O. The molecule has 26 heavy (non-hydrogen) atoms. The zero-order chi connectivity index (χ0) is 17.9. The smallest absolute Gasteiger partial charge is 0.255 e. The molecule has 3 aromatic carbocycles. The quantitative estimate of drug-likeness (QED) is 0.610. The van der Waals surface area contributed by atoms with Crippen LogP contribution in [0.25, 0.3) is 16.7 Å². The normalized spacial score (nSPS) is 10.4. The number of nitrogens with one attached hydrogen (secondary N) is 1. The predicted octanol–water partition coefficient (Wildman–Crippen LogP) is 4.15. The van der Waals surface area contributed by atoms with Gasteiger partial charge >= 0.3 is 0 Å². The number of carbonyl (C=O) groups is 1. The highest BCUT2D eigenvalue weighted by atomic mass is 16.1. The van der Waals surface area contributed by atoms with Crippen LogP contribution >= 0.6 is 0 Å². The summed E-state index contributed by atoms with van der Waals surface area (Å²) in [6, 6.07) is 24.1. The van der Waals surface area contributed by atoms with E-state index in [9.17, 15) is 4.79 Å². The number of aromatic nitrogens is 2. The van der Waals surface area contributed by atoms with Gasteiger partial charge in [0.2, 0.25) is 0 Å². The molecule has 1 amide bonds. The second-order valence-corrected chi connectivity index (χ2v) is 5.80. The molecule has 4 aromatic rings. The van der Waals surface area contributed by atoms with Crippen molar-refractivity contribution >= 4 is 22.6 Å². The van der Waals surface area contributed by atoms with E-state index in [1.165, 1.54) is 0 Å². The topological polar surface area (TPSA) is 70.7 Å². The summed E-state index contributed by atoms with van der Waals surface area (Å²) in [5.41, 5.74) is 4.51. The van der Waals surface area contributed by atoms with E-state index in [4.69, 9.17) is 5.26 Å². The van der Waals surface area contributed by atoms with E-state index in [1.54, 1.807) is 42.7 Å². The summed E-state index contributed by atoms with van der Waals surface area (Å²) in [5.74, 6) is -0.220. The molecule has 0 fully saturated rings. The van der Waals surface area contributed by atoms with Crippen LogP contribution in [-0.4, -0.2) is 15.5 Å². The maximum atomic E-state index is 12.4. The minimum atomic E-state index is -0.220. The van der Waals surface area contributed by atoms with Gasteiger partial charge in [0, 0.05) is 16.9 Å². The lowest BCUT2D eigenvalue weighted by Crippen LogP contribution is -2.12. The Morgan fingerprint density at radius 3 is 2.62 bits per heavy atom. The number of nitrogens with zero attached hydrogens (tertiary/aromatic N) is 3. The molecule has 0 aliphatic rings. The minimum absolute atomic E-state index is 0.220. The standard InChI is InChI=1S/C21H14N4O/c22-13-15-4-3-5-17(12-15)24-21(26)16-8-10-18(11-9-16)25-14-23-19-6-1-2-7-20(19)25/h1-12,14H,(H,24,26). The first kappa shape index (κ1) is 15.6. The highest BCUT2D eigenvalue weighted by Crippen LogP contribution is 2.19. The molecule has 0 radical (unpaired) electrons. The van der Waals surface area contributed by atoms with Crippen LogP contribution in [0.5, 0.6) is 0 Å². The fourth-order valence-corrected chi connectivity index (χ4v) is 2.81. The summed E-state index contributed by atoms with van der Waals surface area (Å²) in [4.78, 5) is 16.8. The average Bonchev–Trinajstić information content (AvgIpc) is 3.12. The summed E-state index contributed by atoms with van der Waals surface area (Å²) in [6.45, 7) is 0. The number of imidazole rings is 1. The number of para-hydroxylation sites is 2. The average molecular weight is 338 g/mol. The van der Waals surface area contributed by atoms with Crippen LogP contribution < -0.4 is 5.32 Å². The van der Waals surface area contributed by atoms with Crippen LogP contribution in [0.1, 0.15) is 15.9 Å². The molecule has 124 valence electrons. The molecule has 0 saturated carbocycles. The van der Waals surface area contributed by atoms with E-state index in [0.717, 1.165) is 16.7 Å². The van der Waals surface area contributed by atoms with Gasteiger partial charge in [0.15, 0.2) is 0 Å². The molecule has 1 heterocycles. The first-order chi connectivity index (χ1) is 12.7. The Kier molecular flexibility index (Phi) is 3.92. The Labute approximate surface area is 150 Å². The Balaban J connectivity index is 1.57. The fourth-order valence-electron chi connectivity index (χ4n) is 2.81. The monoisotopic (exact) mass is 338 g/mol. The van der Waals surface area contributed by atoms with Crippen molar-refractivity contribution in [3.05, 3.63) is 90.3 Å². The van der Waals surface area contributed by atoms with Crippen molar-refractivity contribution in [2.24, 2.45) is 0 Å². The third-order valence-corrected chi connectivity index (χ3v) is 4.11. The number of benzene rings is 3. The molecule has 0 aliphatic carbocycles. The molecule has 0 saturated heterocycles. The van der Waals surface area contributed by atoms with E-state index in [2.05, 4.69) is 16.4 Å². The van der Waals surface area contributed by atoms with Crippen LogP contribution in [0.15, 0.2) is 79.1 Å². The number of anilines is 1. The lowest BCUT2D eigenvalue weighted by Gasteiger charge is -2.08. The molecular weight excluding hydrogens is 324 g/mol. The van der Waals surface area contributed by atoms with Gasteiger partial charge in [-0.2, -0.15) is 5.26 Å². The van der Waals surface area contributed by atoms with Gasteiger partial charge in [-0.05, 0) is 54.6 Å². The molecule has 0 unspecified atom stereocenters. The molecule has 1 N–H and O–H groups in total. The molecule has 5 heteroatoms. The Hall–Kier alpha value is -3.91.